The number of halogens is 1. The highest BCUT2D eigenvalue weighted by atomic mass is 127. The van der Waals surface area contributed by atoms with Crippen molar-refractivity contribution in [2.45, 2.75) is 6.42 Å². The van der Waals surface area contributed by atoms with E-state index in [-0.39, 0.29) is 5.78 Å². The highest BCUT2D eigenvalue weighted by Gasteiger charge is 2.07. The van der Waals surface area contributed by atoms with Crippen molar-refractivity contribution in [3.8, 4) is 5.75 Å². The smallest absolute Gasteiger partial charge is 0.167 e. The maximum Gasteiger partial charge on any atom is 0.167 e. The van der Waals surface area contributed by atoms with Crippen molar-refractivity contribution in [3.63, 3.8) is 0 Å². The Kier molecular flexibility index (Phi) is 4.36. The van der Waals surface area contributed by atoms with Crippen LogP contribution in [0.25, 0.3) is 0 Å². The number of carbonyl (C=O) groups excluding carboxylic acids is 1. The normalized spacial score (nSPS) is 10.1. The largest absolute Gasteiger partial charge is 0.497 e. The number of carbonyl (C=O) groups is 1. The van der Waals surface area contributed by atoms with Crippen LogP contribution in [0.5, 0.6) is 5.75 Å². The van der Waals surface area contributed by atoms with E-state index in [1.54, 1.807) is 7.11 Å². The molecule has 2 nitrogen and oxygen atoms in total. The number of ether oxygens (including phenoxy) is 1. The van der Waals surface area contributed by atoms with Crippen LogP contribution >= 0.6 is 22.6 Å². The third kappa shape index (κ3) is 3.32. The van der Waals surface area contributed by atoms with Crippen LogP contribution < -0.4 is 4.74 Å². The number of rotatable bonds is 4. The van der Waals surface area contributed by atoms with Gasteiger partial charge in [0, 0.05) is 15.6 Å². The molecule has 0 spiro atoms. The number of benzene rings is 2. The second-order valence-corrected chi connectivity index (χ2v) is 5.20. The Hall–Kier alpha value is -1.36. The lowest BCUT2D eigenvalue weighted by atomic mass is 10.0. The standard InChI is InChI=1S/C15H13IO2/c1-18-14-4-2-3-11(9-14)10-15(17)12-5-7-13(16)8-6-12/h2-9H,10H2,1H3. The first-order valence-electron chi connectivity index (χ1n) is 5.61. The zero-order chi connectivity index (χ0) is 13.0. The minimum atomic E-state index is 0.125. The summed E-state index contributed by atoms with van der Waals surface area (Å²) in [5, 5.41) is 0. The van der Waals surface area contributed by atoms with Crippen molar-refractivity contribution in [3.05, 3.63) is 63.2 Å². The van der Waals surface area contributed by atoms with Gasteiger partial charge in [0.1, 0.15) is 5.75 Å². The molecule has 0 N–H and O–H groups in total. The first-order chi connectivity index (χ1) is 8.69. The summed E-state index contributed by atoms with van der Waals surface area (Å²) in [6.07, 6.45) is 0.401. The second-order valence-electron chi connectivity index (χ2n) is 3.96. The van der Waals surface area contributed by atoms with E-state index < -0.39 is 0 Å². The van der Waals surface area contributed by atoms with E-state index in [9.17, 15) is 4.79 Å². The van der Waals surface area contributed by atoms with Gasteiger partial charge < -0.3 is 4.74 Å². The molecule has 0 radical (unpaired) electrons. The molecule has 0 aliphatic rings. The molecule has 0 heterocycles. The quantitative estimate of drug-likeness (QED) is 0.619. The minimum absolute atomic E-state index is 0.125. The number of hydrogen-bond donors (Lipinski definition) is 0. The summed E-state index contributed by atoms with van der Waals surface area (Å²) in [6.45, 7) is 0. The average Bonchev–Trinajstić information content (AvgIpc) is 2.39. The van der Waals surface area contributed by atoms with Gasteiger partial charge in [0.05, 0.1) is 7.11 Å². The lowest BCUT2D eigenvalue weighted by Crippen LogP contribution is -2.03. The fraction of sp³-hybridized carbons (Fsp3) is 0.133. The van der Waals surface area contributed by atoms with E-state index in [4.69, 9.17) is 4.74 Å². The molecular formula is C15H13IO2. The van der Waals surface area contributed by atoms with Crippen molar-refractivity contribution in [2.75, 3.05) is 7.11 Å². The minimum Gasteiger partial charge on any atom is -0.497 e. The van der Waals surface area contributed by atoms with Gasteiger partial charge >= 0.3 is 0 Å². The molecule has 2 aromatic rings. The average molecular weight is 352 g/mol. The Morgan fingerprint density at radius 2 is 1.89 bits per heavy atom. The number of Topliss-reactive ketones (excluding diaryl/α,β-unsaturated/α-hetero) is 1. The molecule has 0 amide bonds. The summed E-state index contributed by atoms with van der Waals surface area (Å²) in [4.78, 5) is 12.1. The van der Waals surface area contributed by atoms with E-state index in [0.717, 1.165) is 20.4 Å². The molecule has 2 aromatic carbocycles. The Morgan fingerprint density at radius 1 is 1.17 bits per heavy atom. The van der Waals surface area contributed by atoms with Crippen molar-refractivity contribution in [1.29, 1.82) is 0 Å². The van der Waals surface area contributed by atoms with E-state index in [2.05, 4.69) is 22.6 Å². The molecule has 3 heteroatoms. The van der Waals surface area contributed by atoms with Gasteiger partial charge in [0.2, 0.25) is 0 Å². The summed E-state index contributed by atoms with van der Waals surface area (Å²) in [5.74, 6) is 0.905. The van der Waals surface area contributed by atoms with Crippen molar-refractivity contribution < 1.29 is 9.53 Å². The van der Waals surface area contributed by atoms with Gasteiger partial charge in [0.25, 0.3) is 0 Å². The molecule has 0 saturated carbocycles. The van der Waals surface area contributed by atoms with Crippen LogP contribution in [0.2, 0.25) is 0 Å². The third-order valence-corrected chi connectivity index (χ3v) is 3.38. The summed E-state index contributed by atoms with van der Waals surface area (Å²) < 4.78 is 6.28. The maximum atomic E-state index is 12.1. The van der Waals surface area contributed by atoms with Crippen LogP contribution in [-0.4, -0.2) is 12.9 Å². The second kappa shape index (κ2) is 6.00. The molecule has 0 aliphatic carbocycles. The Morgan fingerprint density at radius 3 is 2.56 bits per heavy atom. The van der Waals surface area contributed by atoms with E-state index >= 15 is 0 Å². The van der Waals surface area contributed by atoms with Crippen molar-refractivity contribution in [1.82, 2.24) is 0 Å². The number of ketones is 1. The van der Waals surface area contributed by atoms with Gasteiger partial charge in [-0.05, 0) is 52.4 Å². The third-order valence-electron chi connectivity index (χ3n) is 2.67. The molecule has 0 fully saturated rings. The van der Waals surface area contributed by atoms with Gasteiger partial charge in [-0.1, -0.05) is 24.3 Å². The fourth-order valence-electron chi connectivity index (χ4n) is 1.71. The van der Waals surface area contributed by atoms with Gasteiger partial charge in [-0.25, -0.2) is 0 Å². The zero-order valence-electron chi connectivity index (χ0n) is 10.0. The number of methoxy groups -OCH3 is 1. The Bertz CT molecular complexity index is 547. The van der Waals surface area contributed by atoms with Crippen LogP contribution in [0.4, 0.5) is 0 Å². The summed E-state index contributed by atoms with van der Waals surface area (Å²) in [7, 11) is 1.63. The van der Waals surface area contributed by atoms with Gasteiger partial charge in [-0.2, -0.15) is 0 Å². The lowest BCUT2D eigenvalue weighted by molar-refractivity contribution is 0.0993. The number of hydrogen-bond acceptors (Lipinski definition) is 2. The topological polar surface area (TPSA) is 26.3 Å². The van der Waals surface area contributed by atoms with Crippen LogP contribution in [0.15, 0.2) is 48.5 Å². The monoisotopic (exact) mass is 352 g/mol. The molecule has 0 saturated heterocycles. The first-order valence-corrected chi connectivity index (χ1v) is 6.68. The first kappa shape index (κ1) is 13.1. The Balaban J connectivity index is 2.13. The van der Waals surface area contributed by atoms with E-state index in [1.165, 1.54) is 0 Å². The van der Waals surface area contributed by atoms with Crippen molar-refractivity contribution in [2.24, 2.45) is 0 Å². The van der Waals surface area contributed by atoms with Crippen LogP contribution in [0.1, 0.15) is 15.9 Å². The molecule has 0 unspecified atom stereocenters. The molecule has 0 bridgehead atoms. The van der Waals surface area contributed by atoms with Gasteiger partial charge in [0.15, 0.2) is 5.78 Å². The predicted octanol–water partition coefficient (Wildman–Crippen LogP) is 3.73. The lowest BCUT2D eigenvalue weighted by Gasteiger charge is -2.04. The molecule has 0 aromatic heterocycles. The van der Waals surface area contributed by atoms with Crippen LogP contribution in [-0.2, 0) is 6.42 Å². The molecule has 2 rings (SSSR count). The summed E-state index contributed by atoms with van der Waals surface area (Å²) >= 11 is 2.22. The highest BCUT2D eigenvalue weighted by molar-refractivity contribution is 14.1. The zero-order valence-corrected chi connectivity index (χ0v) is 12.2. The molecule has 92 valence electrons. The fourth-order valence-corrected chi connectivity index (χ4v) is 2.07. The van der Waals surface area contributed by atoms with Crippen LogP contribution in [0, 0.1) is 3.57 Å². The molecule has 18 heavy (non-hydrogen) atoms. The molecular weight excluding hydrogens is 339 g/mol. The highest BCUT2D eigenvalue weighted by Crippen LogP contribution is 2.15. The summed E-state index contributed by atoms with van der Waals surface area (Å²) in [5.41, 5.74) is 1.72. The molecule has 0 aliphatic heterocycles. The van der Waals surface area contributed by atoms with Gasteiger partial charge in [-0.15, -0.1) is 0 Å². The maximum absolute atomic E-state index is 12.1. The molecule has 0 atom stereocenters. The Labute approximate surface area is 120 Å². The van der Waals surface area contributed by atoms with Crippen LogP contribution in [0.3, 0.4) is 0 Å². The SMILES string of the molecule is COc1cccc(CC(=O)c2ccc(I)cc2)c1. The summed E-state index contributed by atoms with van der Waals surface area (Å²) in [6, 6.07) is 15.2. The van der Waals surface area contributed by atoms with E-state index in [1.807, 2.05) is 48.5 Å². The predicted molar refractivity (Wildman–Crippen MR) is 80.2 cm³/mol. The van der Waals surface area contributed by atoms with E-state index in [0.29, 0.717) is 6.42 Å². The van der Waals surface area contributed by atoms with Gasteiger partial charge in [-0.3, -0.25) is 4.79 Å². The van der Waals surface area contributed by atoms with Crippen molar-refractivity contribution >= 4 is 28.4 Å².